The number of carboxylic acids is 1. The van der Waals surface area contributed by atoms with Gasteiger partial charge >= 0.3 is 35.5 Å². The Labute approximate surface area is 177 Å². The van der Waals surface area contributed by atoms with Crippen molar-refractivity contribution >= 4 is 17.3 Å². The molecule has 2 aromatic carbocycles. The number of carboxylic acid groups (broad SMARTS) is 1. The molecule has 2 rings (SSSR count). The maximum Gasteiger partial charge on any atom is 1.00 e. The average Bonchev–Trinajstić information content (AvgIpc) is 2.50. The van der Waals surface area contributed by atoms with E-state index < -0.39 is 17.3 Å². The predicted molar refractivity (Wildman–Crippen MR) is 93.5 cm³/mol. The number of hydrogen-bond donors (Lipinski definition) is 4. The van der Waals surface area contributed by atoms with E-state index in [1.54, 1.807) is 18.2 Å². The minimum Gasteiger partial charge on any atom is -0.750 e. The van der Waals surface area contributed by atoms with Crippen LogP contribution >= 0.6 is 0 Å². The number of aromatic hydroxyl groups is 2. The number of phenolic OH excluding ortho intramolecular Hbond substituents is 1. The van der Waals surface area contributed by atoms with Gasteiger partial charge < -0.3 is 24.4 Å². The summed E-state index contributed by atoms with van der Waals surface area (Å²) in [7, 11) is 0. The van der Waals surface area contributed by atoms with Crippen LogP contribution in [0, 0.1) is 6.92 Å². The first-order chi connectivity index (χ1) is 11.6. The van der Waals surface area contributed by atoms with Gasteiger partial charge in [-0.25, -0.2) is 9.00 Å². The second kappa shape index (κ2) is 13.7. The molecule has 0 aliphatic rings. The Hall–Kier alpha value is -1.42. The zero-order valence-corrected chi connectivity index (χ0v) is 17.9. The molecule has 7 nitrogen and oxygen atoms in total. The summed E-state index contributed by atoms with van der Waals surface area (Å²) in [5, 5.41) is 26.5. The molecule has 138 valence electrons. The smallest absolute Gasteiger partial charge is 0.750 e. The van der Waals surface area contributed by atoms with E-state index in [9.17, 15) is 9.90 Å². The Kier molecular flexibility index (Phi) is 14.2. The molecule has 0 radical (unpaired) electrons. The molecule has 0 saturated heterocycles. The molecule has 1 atom stereocenters. The van der Waals surface area contributed by atoms with Crippen molar-refractivity contribution in [3.05, 3.63) is 59.2 Å². The van der Waals surface area contributed by atoms with Crippen LogP contribution in [0.2, 0.25) is 0 Å². The molecule has 0 heterocycles. The van der Waals surface area contributed by atoms with Gasteiger partial charge in [-0.15, -0.1) is 0 Å². The molecule has 26 heavy (non-hydrogen) atoms. The number of aromatic carboxylic acids is 1. The summed E-state index contributed by atoms with van der Waals surface area (Å²) in [6, 6.07) is 11.3. The third kappa shape index (κ3) is 11.2. The Morgan fingerprint density at radius 2 is 1.62 bits per heavy atom. The van der Waals surface area contributed by atoms with Crippen molar-refractivity contribution in [2.75, 3.05) is 0 Å². The zero-order chi connectivity index (χ0) is 19.6. The third-order valence-electron chi connectivity index (χ3n) is 3.02. The second-order valence-electron chi connectivity index (χ2n) is 5.24. The van der Waals surface area contributed by atoms with Crippen molar-refractivity contribution in [2.45, 2.75) is 26.7 Å². The molecular formula is C17H21NaO7S. The van der Waals surface area contributed by atoms with Crippen LogP contribution in [0.1, 0.15) is 41.3 Å². The molecule has 0 aliphatic carbocycles. The van der Waals surface area contributed by atoms with E-state index in [4.69, 9.17) is 23.5 Å². The summed E-state index contributed by atoms with van der Waals surface area (Å²) < 4.78 is 24.1. The first kappa shape index (κ1) is 26.8. The Morgan fingerprint density at radius 3 is 1.96 bits per heavy atom. The van der Waals surface area contributed by atoms with E-state index >= 15 is 0 Å². The fourth-order valence-electron chi connectivity index (χ4n) is 1.90. The third-order valence-corrected chi connectivity index (χ3v) is 3.02. The van der Waals surface area contributed by atoms with E-state index in [1.807, 2.05) is 12.1 Å². The molecule has 2 aromatic rings. The minimum atomic E-state index is -2.86. The summed E-state index contributed by atoms with van der Waals surface area (Å²) in [4.78, 5) is 10.3. The van der Waals surface area contributed by atoms with Gasteiger partial charge in [0.15, 0.2) is 0 Å². The van der Waals surface area contributed by atoms with Crippen LogP contribution in [0.3, 0.4) is 0 Å². The summed E-state index contributed by atoms with van der Waals surface area (Å²) >= 11 is -2.86. The van der Waals surface area contributed by atoms with E-state index in [-0.39, 0.29) is 40.9 Å². The Morgan fingerprint density at radius 1 is 1.12 bits per heavy atom. The topological polar surface area (TPSA) is 138 Å². The maximum absolute atomic E-state index is 10.3. The molecule has 0 aromatic heterocycles. The number of phenols is 2. The average molecular weight is 392 g/mol. The molecule has 0 fully saturated rings. The normalized spacial score (nSPS) is 10.4. The van der Waals surface area contributed by atoms with Gasteiger partial charge in [-0.05, 0) is 48.2 Å². The van der Waals surface area contributed by atoms with Crippen molar-refractivity contribution in [1.82, 2.24) is 0 Å². The molecular weight excluding hydrogens is 371 g/mol. The first-order valence-corrected chi connectivity index (χ1v) is 8.18. The van der Waals surface area contributed by atoms with Gasteiger partial charge in [-0.2, -0.15) is 0 Å². The summed E-state index contributed by atoms with van der Waals surface area (Å²) in [5.74, 6) is -0.463. The fourth-order valence-corrected chi connectivity index (χ4v) is 1.90. The Balaban J connectivity index is 0. The minimum absolute atomic E-state index is 0. The van der Waals surface area contributed by atoms with Crippen LogP contribution in [-0.4, -0.2) is 34.6 Å². The van der Waals surface area contributed by atoms with Crippen molar-refractivity contribution in [3.8, 4) is 11.5 Å². The van der Waals surface area contributed by atoms with E-state index in [1.165, 1.54) is 23.3 Å². The SMILES string of the molecule is Cc1ccc(O)cc1C(C)C.O=C(O)c1ccccc1O.O=S([O-])O.[Na+]. The number of hydrogen-bond acceptors (Lipinski definition) is 5. The molecule has 0 amide bonds. The number of benzene rings is 2. The van der Waals surface area contributed by atoms with Crippen molar-refractivity contribution < 1.29 is 63.0 Å². The first-order valence-electron chi connectivity index (χ1n) is 7.15. The van der Waals surface area contributed by atoms with Gasteiger partial charge in [0.1, 0.15) is 17.1 Å². The molecule has 0 saturated carbocycles. The molecule has 4 N–H and O–H groups in total. The molecule has 0 spiro atoms. The Bertz CT molecular complexity index is 716. The quantitative estimate of drug-likeness (QED) is 0.425. The van der Waals surface area contributed by atoms with Gasteiger partial charge in [0.05, 0.1) is 11.4 Å². The number of rotatable bonds is 2. The number of aryl methyl sites for hydroxylation is 1. The van der Waals surface area contributed by atoms with Crippen molar-refractivity contribution in [2.24, 2.45) is 0 Å². The van der Waals surface area contributed by atoms with E-state index in [2.05, 4.69) is 20.8 Å². The predicted octanol–water partition coefficient (Wildman–Crippen LogP) is 0.257. The molecule has 9 heteroatoms. The largest absolute Gasteiger partial charge is 1.00 e. The summed E-state index contributed by atoms with van der Waals surface area (Å²) in [5.41, 5.74) is 2.41. The van der Waals surface area contributed by atoms with Crippen molar-refractivity contribution in [3.63, 3.8) is 0 Å². The maximum atomic E-state index is 10.3. The molecule has 0 bridgehead atoms. The van der Waals surface area contributed by atoms with E-state index in [0.29, 0.717) is 11.7 Å². The second-order valence-corrected chi connectivity index (χ2v) is 5.67. The van der Waals surface area contributed by atoms with Gasteiger partial charge in [0.25, 0.3) is 0 Å². The van der Waals surface area contributed by atoms with Gasteiger partial charge in [-0.1, -0.05) is 32.0 Å². The van der Waals surface area contributed by atoms with E-state index in [0.717, 1.165) is 0 Å². The van der Waals surface area contributed by atoms with Gasteiger partial charge in [0, 0.05) is 0 Å². The van der Waals surface area contributed by atoms with Crippen LogP contribution in [0.15, 0.2) is 42.5 Å². The van der Waals surface area contributed by atoms with Crippen LogP contribution < -0.4 is 29.6 Å². The monoisotopic (exact) mass is 392 g/mol. The number of para-hydroxylation sites is 1. The van der Waals surface area contributed by atoms with Crippen LogP contribution in [0.5, 0.6) is 11.5 Å². The standard InChI is InChI=1S/C10H14O.C7H6O3.Na.H2O3S/c1-7(2)10-6-9(11)5-4-8(10)3;8-6-4-2-1-3-5(6)7(9)10;;1-4(2)3/h4-7,11H,1-3H3;1-4,8H,(H,9,10);;(H2,1,2,3)/q;;+1;/p-1. The summed E-state index contributed by atoms with van der Waals surface area (Å²) in [6.45, 7) is 6.32. The molecule has 0 aliphatic heterocycles. The van der Waals surface area contributed by atoms with Crippen LogP contribution in [0.4, 0.5) is 0 Å². The van der Waals surface area contributed by atoms with Gasteiger partial charge in [-0.3, -0.25) is 0 Å². The van der Waals surface area contributed by atoms with Gasteiger partial charge in [0.2, 0.25) is 0 Å². The summed E-state index contributed by atoms with van der Waals surface area (Å²) in [6.07, 6.45) is 0. The van der Waals surface area contributed by atoms with Crippen LogP contribution in [0.25, 0.3) is 0 Å². The fraction of sp³-hybridized carbons (Fsp3) is 0.235. The number of carbonyl (C=O) groups is 1. The zero-order valence-electron chi connectivity index (χ0n) is 15.0. The molecule has 1 unspecified atom stereocenters. The van der Waals surface area contributed by atoms with Crippen molar-refractivity contribution in [1.29, 1.82) is 0 Å². The van der Waals surface area contributed by atoms with Crippen LogP contribution in [-0.2, 0) is 11.4 Å².